The molecule has 1 fully saturated rings. The Kier molecular flexibility index (Phi) is 3.87. The molecular formula is C18H18N2O. The Morgan fingerprint density at radius 2 is 1.86 bits per heavy atom. The standard InChI is InChI=1S/C18H18N2O/c19-13-14-8-10-20(11-9-14)18(21)12-16-6-3-5-15-4-1-2-7-17(15)16/h1-7,14H,8-12H2. The lowest BCUT2D eigenvalue weighted by atomic mass is 9.97. The summed E-state index contributed by atoms with van der Waals surface area (Å²) in [5, 5.41) is 11.2. The zero-order chi connectivity index (χ0) is 14.7. The van der Waals surface area contributed by atoms with Crippen molar-refractivity contribution in [2.75, 3.05) is 13.1 Å². The second kappa shape index (κ2) is 5.97. The summed E-state index contributed by atoms with van der Waals surface area (Å²) in [6.45, 7) is 1.42. The summed E-state index contributed by atoms with van der Waals surface area (Å²) in [5.41, 5.74) is 1.08. The number of nitrogens with zero attached hydrogens (tertiary/aromatic N) is 2. The lowest BCUT2D eigenvalue weighted by Crippen LogP contribution is -2.39. The van der Waals surface area contributed by atoms with E-state index in [0.717, 1.165) is 23.8 Å². The fourth-order valence-corrected chi connectivity index (χ4v) is 2.98. The highest BCUT2D eigenvalue weighted by Gasteiger charge is 2.22. The molecule has 0 spiro atoms. The maximum Gasteiger partial charge on any atom is 0.227 e. The molecule has 21 heavy (non-hydrogen) atoms. The van der Waals surface area contributed by atoms with Crippen LogP contribution in [0.15, 0.2) is 42.5 Å². The number of nitriles is 1. The Hall–Kier alpha value is -2.34. The van der Waals surface area contributed by atoms with E-state index in [1.807, 2.05) is 29.2 Å². The Labute approximate surface area is 124 Å². The van der Waals surface area contributed by atoms with Gasteiger partial charge in [0.1, 0.15) is 0 Å². The van der Waals surface area contributed by atoms with Crippen LogP contribution >= 0.6 is 0 Å². The van der Waals surface area contributed by atoms with Gasteiger partial charge in [-0.2, -0.15) is 5.26 Å². The van der Waals surface area contributed by atoms with Crippen molar-refractivity contribution in [2.45, 2.75) is 19.3 Å². The molecule has 0 N–H and O–H groups in total. The lowest BCUT2D eigenvalue weighted by Gasteiger charge is -2.29. The first kappa shape index (κ1) is 13.6. The van der Waals surface area contributed by atoms with Crippen molar-refractivity contribution in [1.82, 2.24) is 4.90 Å². The van der Waals surface area contributed by atoms with Crippen molar-refractivity contribution in [1.29, 1.82) is 5.26 Å². The molecule has 0 atom stereocenters. The summed E-state index contributed by atoms with van der Waals surface area (Å²) < 4.78 is 0. The molecule has 1 aliphatic rings. The van der Waals surface area contributed by atoms with Gasteiger partial charge in [0.2, 0.25) is 5.91 Å². The zero-order valence-corrected chi connectivity index (χ0v) is 12.0. The molecule has 1 saturated heterocycles. The number of likely N-dealkylation sites (tertiary alicyclic amines) is 1. The highest BCUT2D eigenvalue weighted by Crippen LogP contribution is 2.21. The third-order valence-electron chi connectivity index (χ3n) is 4.25. The minimum Gasteiger partial charge on any atom is -0.342 e. The summed E-state index contributed by atoms with van der Waals surface area (Å²) in [4.78, 5) is 14.3. The third-order valence-corrected chi connectivity index (χ3v) is 4.25. The normalized spacial score (nSPS) is 15.9. The van der Waals surface area contributed by atoms with E-state index in [0.29, 0.717) is 19.5 Å². The molecule has 1 amide bonds. The van der Waals surface area contributed by atoms with E-state index in [1.165, 1.54) is 5.39 Å². The van der Waals surface area contributed by atoms with Gasteiger partial charge in [0, 0.05) is 19.0 Å². The Bertz CT molecular complexity index is 688. The van der Waals surface area contributed by atoms with Crippen molar-refractivity contribution in [3.8, 4) is 6.07 Å². The van der Waals surface area contributed by atoms with Crippen LogP contribution in [0.5, 0.6) is 0 Å². The fraction of sp³-hybridized carbons (Fsp3) is 0.333. The van der Waals surface area contributed by atoms with E-state index in [2.05, 4.69) is 24.3 Å². The SMILES string of the molecule is N#CC1CCN(C(=O)Cc2cccc3ccccc23)CC1. The summed E-state index contributed by atoms with van der Waals surface area (Å²) in [7, 11) is 0. The topological polar surface area (TPSA) is 44.1 Å². The third kappa shape index (κ3) is 2.90. The molecule has 106 valence electrons. The molecule has 0 unspecified atom stereocenters. The van der Waals surface area contributed by atoms with Crippen LogP contribution in [-0.2, 0) is 11.2 Å². The van der Waals surface area contributed by atoms with Crippen LogP contribution in [-0.4, -0.2) is 23.9 Å². The van der Waals surface area contributed by atoms with Crippen molar-refractivity contribution >= 4 is 16.7 Å². The minimum atomic E-state index is 0.117. The van der Waals surface area contributed by atoms with Gasteiger partial charge in [-0.25, -0.2) is 0 Å². The smallest absolute Gasteiger partial charge is 0.227 e. The molecule has 0 radical (unpaired) electrons. The number of piperidine rings is 1. The Morgan fingerprint density at radius 1 is 1.14 bits per heavy atom. The monoisotopic (exact) mass is 278 g/mol. The van der Waals surface area contributed by atoms with Crippen LogP contribution in [0, 0.1) is 17.2 Å². The van der Waals surface area contributed by atoms with Crippen LogP contribution in [0.4, 0.5) is 0 Å². The van der Waals surface area contributed by atoms with Crippen molar-refractivity contribution < 1.29 is 4.79 Å². The first-order valence-corrected chi connectivity index (χ1v) is 7.42. The molecule has 2 aromatic rings. The molecule has 1 aliphatic heterocycles. The quantitative estimate of drug-likeness (QED) is 0.847. The summed E-state index contributed by atoms with van der Waals surface area (Å²) in [5.74, 6) is 0.286. The molecule has 0 bridgehead atoms. The molecule has 2 aromatic carbocycles. The predicted molar refractivity (Wildman–Crippen MR) is 82.6 cm³/mol. The predicted octanol–water partition coefficient (Wildman–Crippen LogP) is 3.14. The summed E-state index contributed by atoms with van der Waals surface area (Å²) >= 11 is 0. The Morgan fingerprint density at radius 3 is 2.62 bits per heavy atom. The first-order valence-electron chi connectivity index (χ1n) is 7.42. The number of amides is 1. The number of hydrogen-bond donors (Lipinski definition) is 0. The van der Waals surface area contributed by atoms with Crippen LogP contribution in [0.25, 0.3) is 10.8 Å². The molecular weight excluding hydrogens is 260 g/mol. The molecule has 3 heteroatoms. The fourth-order valence-electron chi connectivity index (χ4n) is 2.98. The zero-order valence-electron chi connectivity index (χ0n) is 12.0. The highest BCUT2D eigenvalue weighted by atomic mass is 16.2. The molecule has 3 nitrogen and oxygen atoms in total. The van der Waals surface area contributed by atoms with Gasteiger partial charge in [0.15, 0.2) is 0 Å². The largest absolute Gasteiger partial charge is 0.342 e. The molecule has 0 aliphatic carbocycles. The van der Waals surface area contributed by atoms with E-state index < -0.39 is 0 Å². The number of fused-ring (bicyclic) bond motifs is 1. The molecule has 1 heterocycles. The second-order valence-electron chi connectivity index (χ2n) is 5.60. The first-order chi connectivity index (χ1) is 10.3. The van der Waals surface area contributed by atoms with Gasteiger partial charge in [-0.15, -0.1) is 0 Å². The van der Waals surface area contributed by atoms with Gasteiger partial charge in [0.05, 0.1) is 12.5 Å². The maximum atomic E-state index is 12.4. The van der Waals surface area contributed by atoms with Gasteiger partial charge in [-0.05, 0) is 29.2 Å². The summed E-state index contributed by atoms with van der Waals surface area (Å²) in [6.07, 6.45) is 2.05. The number of hydrogen-bond acceptors (Lipinski definition) is 2. The van der Waals surface area contributed by atoms with Gasteiger partial charge < -0.3 is 4.90 Å². The molecule has 0 aromatic heterocycles. The average Bonchev–Trinajstić information content (AvgIpc) is 2.55. The maximum absolute atomic E-state index is 12.4. The van der Waals surface area contributed by atoms with Crippen molar-refractivity contribution in [3.63, 3.8) is 0 Å². The van der Waals surface area contributed by atoms with Crippen LogP contribution in [0.2, 0.25) is 0 Å². The lowest BCUT2D eigenvalue weighted by molar-refractivity contribution is -0.131. The summed E-state index contributed by atoms with van der Waals surface area (Å²) in [6, 6.07) is 16.6. The number of benzene rings is 2. The van der Waals surface area contributed by atoms with Gasteiger partial charge in [0.25, 0.3) is 0 Å². The molecule has 0 saturated carbocycles. The van der Waals surface area contributed by atoms with E-state index >= 15 is 0 Å². The average molecular weight is 278 g/mol. The second-order valence-corrected chi connectivity index (χ2v) is 5.60. The van der Waals surface area contributed by atoms with E-state index in [-0.39, 0.29) is 11.8 Å². The number of carbonyl (C=O) groups is 1. The van der Waals surface area contributed by atoms with Crippen molar-refractivity contribution in [2.24, 2.45) is 5.92 Å². The van der Waals surface area contributed by atoms with Crippen molar-refractivity contribution in [3.05, 3.63) is 48.0 Å². The molecule has 3 rings (SSSR count). The van der Waals surface area contributed by atoms with Gasteiger partial charge in [-0.3, -0.25) is 4.79 Å². The van der Waals surface area contributed by atoms with Gasteiger partial charge in [-0.1, -0.05) is 42.5 Å². The van der Waals surface area contributed by atoms with Gasteiger partial charge >= 0.3 is 0 Å². The number of carbonyl (C=O) groups excluding carboxylic acids is 1. The van der Waals surface area contributed by atoms with Crippen LogP contribution < -0.4 is 0 Å². The Balaban J connectivity index is 1.74. The van der Waals surface area contributed by atoms with E-state index in [4.69, 9.17) is 5.26 Å². The van der Waals surface area contributed by atoms with E-state index in [1.54, 1.807) is 0 Å². The van der Waals surface area contributed by atoms with E-state index in [9.17, 15) is 4.79 Å². The number of rotatable bonds is 2. The minimum absolute atomic E-state index is 0.117. The highest BCUT2D eigenvalue weighted by molar-refractivity contribution is 5.90. The van der Waals surface area contributed by atoms with Crippen LogP contribution in [0.1, 0.15) is 18.4 Å². The van der Waals surface area contributed by atoms with Crippen LogP contribution in [0.3, 0.4) is 0 Å².